The van der Waals surface area contributed by atoms with Crippen molar-refractivity contribution in [3.05, 3.63) is 155 Å². The minimum Gasteiger partial charge on any atom is -0.258 e. The molecule has 12 atom stereocenters. The molecule has 0 amide bonds. The topological polar surface area (TPSA) is 204 Å². The maximum Gasteiger partial charge on any atom is 0.269 e. The Hall–Kier alpha value is -6.12. The van der Waals surface area contributed by atoms with Crippen LogP contribution in [0.5, 0.6) is 0 Å². The largest absolute Gasteiger partial charge is 0.269 e. The van der Waals surface area contributed by atoms with E-state index >= 15 is 0 Å². The Morgan fingerprint density at radius 3 is 0.725 bits per heavy atom. The first-order valence-electron chi connectivity index (χ1n) is 25.1. The molecule has 69 heavy (non-hydrogen) atoms. The second-order valence-corrected chi connectivity index (χ2v) is 23.7. The van der Waals surface area contributed by atoms with Crippen molar-refractivity contribution in [2.75, 3.05) is 0 Å². The molecular weight excluding hydrogens is 871 g/mol. The fourth-order valence-corrected chi connectivity index (χ4v) is 18.8. The van der Waals surface area contributed by atoms with Crippen molar-refractivity contribution < 1.29 is 14.8 Å². The molecule has 6 aliphatic carbocycles. The van der Waals surface area contributed by atoms with Gasteiger partial charge in [-0.2, -0.15) is 30.7 Å². The lowest BCUT2D eigenvalue weighted by atomic mass is 9.57. The molecule has 15 heteroatoms. The summed E-state index contributed by atoms with van der Waals surface area (Å²) >= 11 is 0. The molecule has 354 valence electrons. The Kier molecular flexibility index (Phi) is 8.21. The highest BCUT2D eigenvalue weighted by molar-refractivity contribution is 5.56. The van der Waals surface area contributed by atoms with Crippen LogP contribution in [0.4, 0.5) is 17.1 Å². The molecule has 13 rings (SSSR count). The minimum absolute atomic E-state index is 0.0471. The van der Waals surface area contributed by atoms with Crippen LogP contribution in [-0.4, -0.2) is 14.8 Å². The van der Waals surface area contributed by atoms with Crippen LogP contribution in [0.2, 0.25) is 0 Å². The second kappa shape index (κ2) is 13.2. The molecule has 6 saturated carbocycles. The summed E-state index contributed by atoms with van der Waals surface area (Å²) in [6, 6.07) is 28.4. The monoisotopic (exact) mass is 927 g/mol. The van der Waals surface area contributed by atoms with E-state index in [-0.39, 0.29) is 67.3 Å². The number of fused-ring (bicyclic) bond motifs is 15. The van der Waals surface area contributed by atoms with Gasteiger partial charge in [-0.05, 0) is 144 Å². The van der Waals surface area contributed by atoms with Gasteiger partial charge >= 0.3 is 0 Å². The Bertz CT molecular complexity index is 2710. The Morgan fingerprint density at radius 1 is 0.348 bits per heavy atom. The molecule has 6 unspecified atom stereocenters. The summed E-state index contributed by atoms with van der Waals surface area (Å²) in [5, 5.41) is 68.9. The zero-order valence-corrected chi connectivity index (χ0v) is 40.0. The lowest BCUT2D eigenvalue weighted by molar-refractivity contribution is -0.385. The zero-order valence-electron chi connectivity index (χ0n) is 40.0. The van der Waals surface area contributed by atoms with Crippen molar-refractivity contribution in [2.45, 2.75) is 133 Å². The van der Waals surface area contributed by atoms with Gasteiger partial charge in [0.15, 0.2) is 0 Å². The van der Waals surface area contributed by atoms with E-state index in [1.807, 2.05) is 36.4 Å². The number of hydrogen-bond donors (Lipinski definition) is 0. The number of nitrogens with zero attached hydrogens (tertiary/aromatic N) is 9. The van der Waals surface area contributed by atoms with E-state index in [4.69, 9.17) is 30.7 Å². The van der Waals surface area contributed by atoms with Crippen LogP contribution in [0.3, 0.4) is 0 Å². The summed E-state index contributed by atoms with van der Waals surface area (Å²) in [6.45, 7) is 13.9. The summed E-state index contributed by atoms with van der Waals surface area (Å²) in [6.07, 6.45) is 8.89. The molecule has 0 N–H and O–H groups in total. The van der Waals surface area contributed by atoms with Crippen LogP contribution in [0.25, 0.3) is 0 Å². The van der Waals surface area contributed by atoms with Gasteiger partial charge in [-0.1, -0.05) is 79.0 Å². The van der Waals surface area contributed by atoms with Gasteiger partial charge in [-0.3, -0.25) is 30.3 Å². The summed E-state index contributed by atoms with van der Waals surface area (Å²) in [7, 11) is 0. The Morgan fingerprint density at radius 2 is 0.536 bits per heavy atom. The van der Waals surface area contributed by atoms with Crippen molar-refractivity contribution in [3.8, 4) is 0 Å². The molecule has 9 aliphatic rings. The van der Waals surface area contributed by atoms with Gasteiger partial charge in [0.05, 0.1) is 14.8 Å². The van der Waals surface area contributed by atoms with E-state index in [0.29, 0.717) is 0 Å². The average Bonchev–Trinajstić information content (AvgIpc) is 4.23. The number of nitro groups is 3. The number of rotatable bonds is 9. The minimum atomic E-state index is -0.778. The fraction of sp³-hybridized carbons (Fsp3) is 0.556. The van der Waals surface area contributed by atoms with Crippen molar-refractivity contribution in [3.63, 3.8) is 0 Å². The molecule has 6 fully saturated rings. The smallest absolute Gasteiger partial charge is 0.258 e. The van der Waals surface area contributed by atoms with E-state index in [2.05, 4.69) is 59.7 Å². The van der Waals surface area contributed by atoms with Gasteiger partial charge in [-0.25, -0.2) is 0 Å². The van der Waals surface area contributed by atoms with Gasteiger partial charge in [0.25, 0.3) is 17.1 Å². The van der Waals surface area contributed by atoms with Crippen molar-refractivity contribution in [2.24, 2.45) is 82.4 Å². The lowest BCUT2D eigenvalue weighted by Crippen LogP contribution is -2.47. The van der Waals surface area contributed by atoms with Gasteiger partial charge in [0, 0.05) is 52.6 Å². The molecule has 0 spiro atoms. The first-order chi connectivity index (χ1) is 32.8. The van der Waals surface area contributed by atoms with Crippen LogP contribution in [0.1, 0.15) is 133 Å². The summed E-state index contributed by atoms with van der Waals surface area (Å²) in [4.78, 5) is 34.7. The molecule has 3 aliphatic heterocycles. The second-order valence-electron chi connectivity index (χ2n) is 23.7. The van der Waals surface area contributed by atoms with Gasteiger partial charge in [0.1, 0.15) is 33.2 Å². The molecule has 4 aromatic carbocycles. The number of nitro benzene ring substituents is 3. The molecule has 3 heterocycles. The molecule has 4 aromatic rings. The number of azo groups is 3. The molecule has 6 bridgehead atoms. The lowest BCUT2D eigenvalue weighted by Gasteiger charge is -2.46. The number of hydrogen-bond acceptors (Lipinski definition) is 12. The third-order valence-corrected chi connectivity index (χ3v) is 21.4. The van der Waals surface area contributed by atoms with Crippen LogP contribution in [-0.2, 0) is 33.2 Å². The van der Waals surface area contributed by atoms with E-state index in [9.17, 15) is 30.3 Å². The van der Waals surface area contributed by atoms with Gasteiger partial charge in [-0.15, -0.1) is 0 Å². The SMILES string of the molecule is CC1(C)[C@]2(c3ccc([N+](=O)[O-])cc3)N=N[C@@]1(c1cc([C@]34N=N[C@](c5ccc([N+](=O)[O-])cc5)(C5CCCC53)C4(C)C)cc([C@]34N=N[C@](c5ccc([N+](=O)[O-])cc5)(C5CCCC53)C4(C)C)c1)C1CCCC12. The maximum absolute atomic E-state index is 11.9. The van der Waals surface area contributed by atoms with Crippen LogP contribution >= 0.6 is 0 Å². The Balaban J connectivity index is 1.06. The van der Waals surface area contributed by atoms with Crippen molar-refractivity contribution in [1.29, 1.82) is 0 Å². The van der Waals surface area contributed by atoms with E-state index in [1.54, 1.807) is 36.4 Å². The van der Waals surface area contributed by atoms with Crippen LogP contribution < -0.4 is 0 Å². The highest BCUT2D eigenvalue weighted by Crippen LogP contribution is 2.82. The number of benzene rings is 4. The zero-order chi connectivity index (χ0) is 48.1. The van der Waals surface area contributed by atoms with Gasteiger partial charge in [0.2, 0.25) is 0 Å². The van der Waals surface area contributed by atoms with Crippen LogP contribution in [0.15, 0.2) is 122 Å². The molecule has 15 nitrogen and oxygen atoms in total. The van der Waals surface area contributed by atoms with E-state index in [0.717, 1.165) is 91.2 Å². The molecule has 0 radical (unpaired) electrons. The maximum atomic E-state index is 11.9. The fourth-order valence-electron chi connectivity index (χ4n) is 18.8. The normalized spacial score (nSPS) is 40.1. The van der Waals surface area contributed by atoms with Crippen molar-refractivity contribution in [1.82, 2.24) is 0 Å². The van der Waals surface area contributed by atoms with Crippen molar-refractivity contribution >= 4 is 17.1 Å². The van der Waals surface area contributed by atoms with Gasteiger partial charge < -0.3 is 0 Å². The summed E-state index contributed by atoms with van der Waals surface area (Å²) in [5.74, 6) is 0.874. The van der Waals surface area contributed by atoms with E-state index in [1.165, 1.54) is 0 Å². The first-order valence-corrected chi connectivity index (χ1v) is 25.1. The first kappa shape index (κ1) is 42.9. The van der Waals surface area contributed by atoms with Crippen LogP contribution in [0, 0.1) is 82.1 Å². The Labute approximate surface area is 400 Å². The predicted octanol–water partition coefficient (Wildman–Crippen LogP) is 13.4. The highest BCUT2D eigenvalue weighted by atomic mass is 16.6. The number of non-ortho nitro benzene ring substituents is 3. The highest BCUT2D eigenvalue weighted by Gasteiger charge is 2.82. The summed E-state index contributed by atoms with van der Waals surface area (Å²) in [5.41, 5.74) is 0.0622. The third-order valence-electron chi connectivity index (χ3n) is 21.4. The quantitative estimate of drug-likeness (QED) is 0.118. The average molecular weight is 928 g/mol. The molecule has 0 saturated heterocycles. The molecular formula is C54H57N9O6. The summed E-state index contributed by atoms with van der Waals surface area (Å²) < 4.78 is 0. The predicted molar refractivity (Wildman–Crippen MR) is 254 cm³/mol. The third kappa shape index (κ3) is 4.39. The molecule has 0 aromatic heterocycles. The van der Waals surface area contributed by atoms with E-state index < -0.39 is 49.5 Å². The standard InChI is InChI=1S/C54H57N9O6/c1-46(2)49(31-16-22-37(23-17-31)61(64)65)40-10-7-13-43(40)52(46,58-55-49)34-28-35(53-44-14-8-11-41(44)50(56-59-53,47(53,3)4)32-18-24-38(25-19-32)62(66)67)30-36(29-34)54-45-15-9-12-42(45)51(57-60-54,48(54,5)6)33-20-26-39(27-21-33)63(68)69/h16-30,40-45H,7-15H2,1-6H3/t40?,41?,42?,43?,44?,45?,49-,50-,51-,52+,53+,54+/m1/s1.